The minimum atomic E-state index is -3.70. The molecule has 0 aromatic heterocycles. The van der Waals surface area contributed by atoms with E-state index < -0.39 is 22.0 Å². The van der Waals surface area contributed by atoms with E-state index in [9.17, 15) is 18.0 Å². The average Bonchev–Trinajstić information content (AvgIpc) is 2.68. The summed E-state index contributed by atoms with van der Waals surface area (Å²) in [5.74, 6) is -0.675. The molecule has 2 N–H and O–H groups in total. The van der Waals surface area contributed by atoms with Crippen LogP contribution in [-0.4, -0.2) is 39.9 Å². The fourth-order valence-electron chi connectivity index (χ4n) is 2.50. The highest BCUT2D eigenvalue weighted by Crippen LogP contribution is 2.22. The van der Waals surface area contributed by atoms with Crippen molar-refractivity contribution in [3.8, 4) is 0 Å². The number of likely N-dealkylation sites (N-methyl/N-ethyl adjacent to an activating group) is 1. The number of aryl methyl sites for hydroxylation is 1. The van der Waals surface area contributed by atoms with Crippen LogP contribution < -0.4 is 14.9 Å². The Labute approximate surface area is 165 Å². The van der Waals surface area contributed by atoms with Gasteiger partial charge in [-0.3, -0.25) is 13.9 Å². The van der Waals surface area contributed by atoms with E-state index in [-0.39, 0.29) is 10.8 Å². The lowest BCUT2D eigenvalue weighted by Gasteiger charge is -2.20. The SMILES string of the molecule is CCNC(=O)[C@@H](C)NC(=O)c1ccc(N(C)S(=O)(=O)c2ccc(C)cc2)cc1. The average molecular weight is 404 g/mol. The van der Waals surface area contributed by atoms with Crippen LogP contribution in [0.3, 0.4) is 0 Å². The largest absolute Gasteiger partial charge is 0.355 e. The molecule has 0 radical (unpaired) electrons. The van der Waals surface area contributed by atoms with E-state index in [0.717, 1.165) is 9.87 Å². The minimum absolute atomic E-state index is 0.193. The number of nitrogens with zero attached hydrogens (tertiary/aromatic N) is 1. The number of hydrogen-bond donors (Lipinski definition) is 2. The number of amides is 2. The van der Waals surface area contributed by atoms with Gasteiger partial charge in [0.2, 0.25) is 5.91 Å². The Bertz CT molecular complexity index is 938. The highest BCUT2D eigenvalue weighted by Gasteiger charge is 2.22. The summed E-state index contributed by atoms with van der Waals surface area (Å²) in [5, 5.41) is 5.24. The normalized spacial score (nSPS) is 12.1. The molecule has 2 amide bonds. The van der Waals surface area contributed by atoms with Crippen LogP contribution in [0.1, 0.15) is 29.8 Å². The van der Waals surface area contributed by atoms with Crippen molar-refractivity contribution < 1.29 is 18.0 Å². The van der Waals surface area contributed by atoms with Crippen molar-refractivity contribution in [3.05, 3.63) is 59.7 Å². The van der Waals surface area contributed by atoms with Gasteiger partial charge in [0.15, 0.2) is 0 Å². The Balaban J connectivity index is 2.14. The van der Waals surface area contributed by atoms with Crippen LogP contribution >= 0.6 is 0 Å². The fraction of sp³-hybridized carbons (Fsp3) is 0.300. The second-order valence-corrected chi connectivity index (χ2v) is 8.39. The monoisotopic (exact) mass is 403 g/mol. The molecule has 0 fully saturated rings. The van der Waals surface area contributed by atoms with Gasteiger partial charge in [-0.05, 0) is 57.2 Å². The Morgan fingerprint density at radius 1 is 1.04 bits per heavy atom. The predicted molar refractivity (Wildman–Crippen MR) is 109 cm³/mol. The summed E-state index contributed by atoms with van der Waals surface area (Å²) in [6.45, 7) is 5.76. The highest BCUT2D eigenvalue weighted by molar-refractivity contribution is 7.92. The van der Waals surface area contributed by atoms with Gasteiger partial charge in [-0.15, -0.1) is 0 Å². The Kier molecular flexibility index (Phi) is 6.80. The van der Waals surface area contributed by atoms with Gasteiger partial charge in [0, 0.05) is 19.2 Å². The van der Waals surface area contributed by atoms with Crippen molar-refractivity contribution in [2.75, 3.05) is 17.9 Å². The van der Waals surface area contributed by atoms with E-state index in [4.69, 9.17) is 0 Å². The third-order valence-electron chi connectivity index (χ3n) is 4.26. The Morgan fingerprint density at radius 2 is 1.61 bits per heavy atom. The summed E-state index contributed by atoms with van der Waals surface area (Å²) in [6, 6.07) is 12.1. The second kappa shape index (κ2) is 8.88. The first-order valence-electron chi connectivity index (χ1n) is 8.91. The Hall–Kier alpha value is -2.87. The fourth-order valence-corrected chi connectivity index (χ4v) is 3.70. The standard InChI is InChI=1S/C20H25N3O4S/c1-5-21-19(24)15(3)22-20(25)16-8-10-17(11-9-16)23(4)28(26,27)18-12-6-14(2)7-13-18/h6-13,15H,5H2,1-4H3,(H,21,24)(H,22,25)/t15-/m1/s1. The minimum Gasteiger partial charge on any atom is -0.355 e. The molecule has 0 saturated carbocycles. The number of anilines is 1. The molecule has 0 bridgehead atoms. The lowest BCUT2D eigenvalue weighted by atomic mass is 10.2. The third kappa shape index (κ3) is 4.89. The molecular weight excluding hydrogens is 378 g/mol. The first-order chi connectivity index (χ1) is 13.2. The summed E-state index contributed by atoms with van der Waals surface area (Å²) in [5.41, 5.74) is 1.73. The van der Waals surface area contributed by atoms with Crippen LogP contribution in [0.5, 0.6) is 0 Å². The van der Waals surface area contributed by atoms with E-state index in [1.807, 2.05) is 6.92 Å². The molecule has 1 atom stereocenters. The summed E-state index contributed by atoms with van der Waals surface area (Å²) < 4.78 is 26.7. The van der Waals surface area contributed by atoms with Gasteiger partial charge in [0.05, 0.1) is 10.6 Å². The van der Waals surface area contributed by atoms with E-state index in [1.54, 1.807) is 50.2 Å². The molecule has 28 heavy (non-hydrogen) atoms. The molecule has 0 heterocycles. The van der Waals surface area contributed by atoms with Gasteiger partial charge in [0.25, 0.3) is 15.9 Å². The molecule has 0 aliphatic heterocycles. The summed E-state index contributed by atoms with van der Waals surface area (Å²) >= 11 is 0. The van der Waals surface area contributed by atoms with E-state index in [2.05, 4.69) is 10.6 Å². The zero-order valence-corrected chi connectivity index (χ0v) is 17.2. The van der Waals surface area contributed by atoms with Crippen molar-refractivity contribution in [1.29, 1.82) is 0 Å². The summed E-state index contributed by atoms with van der Waals surface area (Å²) in [7, 11) is -2.24. The summed E-state index contributed by atoms with van der Waals surface area (Å²) in [4.78, 5) is 24.2. The molecule has 0 saturated heterocycles. The van der Waals surface area contributed by atoms with Gasteiger partial charge in [-0.25, -0.2) is 8.42 Å². The number of rotatable bonds is 7. The van der Waals surface area contributed by atoms with Crippen LogP contribution in [0.25, 0.3) is 0 Å². The van der Waals surface area contributed by atoms with Crippen LogP contribution in [-0.2, 0) is 14.8 Å². The molecule has 0 spiro atoms. The molecular formula is C20H25N3O4S. The molecule has 0 unspecified atom stereocenters. The highest BCUT2D eigenvalue weighted by atomic mass is 32.2. The lowest BCUT2D eigenvalue weighted by molar-refractivity contribution is -0.122. The molecule has 0 aliphatic rings. The number of nitrogens with one attached hydrogen (secondary N) is 2. The maximum absolute atomic E-state index is 12.7. The molecule has 2 aromatic carbocycles. The maximum atomic E-state index is 12.7. The first-order valence-corrected chi connectivity index (χ1v) is 10.3. The third-order valence-corrected chi connectivity index (χ3v) is 6.06. The van der Waals surface area contributed by atoms with Crippen LogP contribution in [0, 0.1) is 6.92 Å². The second-order valence-electron chi connectivity index (χ2n) is 6.42. The van der Waals surface area contributed by atoms with E-state index in [1.165, 1.54) is 19.2 Å². The van der Waals surface area contributed by atoms with Gasteiger partial charge in [-0.1, -0.05) is 17.7 Å². The molecule has 150 valence electrons. The van der Waals surface area contributed by atoms with Crippen molar-refractivity contribution in [2.24, 2.45) is 0 Å². The molecule has 7 nitrogen and oxygen atoms in total. The van der Waals surface area contributed by atoms with Gasteiger partial charge >= 0.3 is 0 Å². The van der Waals surface area contributed by atoms with Crippen molar-refractivity contribution >= 4 is 27.5 Å². The zero-order chi connectivity index (χ0) is 20.9. The number of carbonyl (C=O) groups is 2. The van der Waals surface area contributed by atoms with Gasteiger partial charge < -0.3 is 10.6 Å². The Morgan fingerprint density at radius 3 is 2.14 bits per heavy atom. The molecule has 8 heteroatoms. The molecule has 0 aliphatic carbocycles. The number of hydrogen-bond acceptors (Lipinski definition) is 4. The van der Waals surface area contributed by atoms with Crippen molar-refractivity contribution in [2.45, 2.75) is 31.7 Å². The summed E-state index contributed by atoms with van der Waals surface area (Å²) in [6.07, 6.45) is 0. The number of sulfonamides is 1. The van der Waals surface area contributed by atoms with Gasteiger partial charge in [-0.2, -0.15) is 0 Å². The van der Waals surface area contributed by atoms with Crippen LogP contribution in [0.15, 0.2) is 53.4 Å². The lowest BCUT2D eigenvalue weighted by Crippen LogP contribution is -2.44. The predicted octanol–water partition coefficient (Wildman–Crippen LogP) is 2.07. The quantitative estimate of drug-likeness (QED) is 0.740. The van der Waals surface area contributed by atoms with Crippen molar-refractivity contribution in [1.82, 2.24) is 10.6 Å². The van der Waals surface area contributed by atoms with Crippen LogP contribution in [0.4, 0.5) is 5.69 Å². The smallest absolute Gasteiger partial charge is 0.264 e. The van der Waals surface area contributed by atoms with E-state index in [0.29, 0.717) is 17.8 Å². The number of carbonyl (C=O) groups excluding carboxylic acids is 2. The molecule has 2 rings (SSSR count). The zero-order valence-electron chi connectivity index (χ0n) is 16.4. The molecule has 2 aromatic rings. The van der Waals surface area contributed by atoms with Crippen LogP contribution in [0.2, 0.25) is 0 Å². The topological polar surface area (TPSA) is 95.6 Å². The van der Waals surface area contributed by atoms with Crippen molar-refractivity contribution in [3.63, 3.8) is 0 Å². The van der Waals surface area contributed by atoms with Gasteiger partial charge in [0.1, 0.15) is 6.04 Å². The first kappa shape index (κ1) is 21.4. The number of benzene rings is 2. The van der Waals surface area contributed by atoms with E-state index >= 15 is 0 Å². The maximum Gasteiger partial charge on any atom is 0.264 e.